The van der Waals surface area contributed by atoms with Crippen LogP contribution in [0, 0.1) is 18.2 Å². The number of nitrogens with zero attached hydrogens (tertiary/aromatic N) is 1. The molecule has 5 nitrogen and oxygen atoms in total. The van der Waals surface area contributed by atoms with Gasteiger partial charge in [-0.25, -0.2) is 9.18 Å². The Morgan fingerprint density at radius 2 is 2.33 bits per heavy atom. The minimum atomic E-state index is -0.633. The van der Waals surface area contributed by atoms with Crippen LogP contribution in [0.25, 0.3) is 0 Å². The molecule has 2 N–H and O–H groups in total. The van der Waals surface area contributed by atoms with Crippen LogP contribution in [0.5, 0.6) is 0 Å². The van der Waals surface area contributed by atoms with Gasteiger partial charge in [-0.05, 0) is 24.6 Å². The van der Waals surface area contributed by atoms with Crippen molar-refractivity contribution in [2.45, 2.75) is 12.5 Å². The van der Waals surface area contributed by atoms with Crippen LogP contribution in [-0.2, 0) is 4.79 Å². The van der Waals surface area contributed by atoms with E-state index in [0.29, 0.717) is 18.7 Å². The molecular weight excluding hydrogens is 297 g/mol. The van der Waals surface area contributed by atoms with Crippen LogP contribution in [0.3, 0.4) is 0 Å². The van der Waals surface area contributed by atoms with Gasteiger partial charge in [0.15, 0.2) is 0 Å². The lowest BCUT2D eigenvalue weighted by molar-refractivity contribution is -0.118. The topological polar surface area (TPSA) is 61.4 Å². The highest BCUT2D eigenvalue weighted by Crippen LogP contribution is 2.26. The van der Waals surface area contributed by atoms with Crippen LogP contribution < -0.4 is 15.5 Å². The van der Waals surface area contributed by atoms with Crippen molar-refractivity contribution in [2.75, 3.05) is 18.0 Å². The highest BCUT2D eigenvalue weighted by Gasteiger charge is 2.33. The lowest BCUT2D eigenvalue weighted by Crippen LogP contribution is -2.46. The standard InChI is InChI=1S/C14H13ClFN3O2/c1-2-6-17-14(21)18-12-5-7-19(13(12)20)9-3-4-11(16)10(15)8-9/h1,3-4,8,12H,5-7H2,(H2,17,18,21). The van der Waals surface area contributed by atoms with Gasteiger partial charge in [-0.2, -0.15) is 0 Å². The van der Waals surface area contributed by atoms with Crippen LogP contribution >= 0.6 is 11.6 Å². The molecule has 1 heterocycles. The molecule has 1 aromatic carbocycles. The molecule has 1 unspecified atom stereocenters. The fourth-order valence-electron chi connectivity index (χ4n) is 2.06. The van der Waals surface area contributed by atoms with E-state index in [9.17, 15) is 14.0 Å². The number of benzene rings is 1. The minimum Gasteiger partial charge on any atom is -0.327 e. The summed E-state index contributed by atoms with van der Waals surface area (Å²) in [5.41, 5.74) is 0.500. The summed E-state index contributed by atoms with van der Waals surface area (Å²) in [7, 11) is 0. The summed E-state index contributed by atoms with van der Waals surface area (Å²) in [5.74, 6) is 1.45. The van der Waals surface area contributed by atoms with E-state index in [-0.39, 0.29) is 17.5 Å². The highest BCUT2D eigenvalue weighted by molar-refractivity contribution is 6.31. The molecule has 0 spiro atoms. The largest absolute Gasteiger partial charge is 0.327 e. The Balaban J connectivity index is 2.02. The number of anilines is 1. The van der Waals surface area contributed by atoms with Gasteiger partial charge in [0.1, 0.15) is 11.9 Å². The SMILES string of the molecule is C#CCNC(=O)NC1CCN(c2ccc(F)c(Cl)c2)C1=O. The molecule has 0 bridgehead atoms. The second-order valence-corrected chi connectivity index (χ2v) is 4.87. The summed E-state index contributed by atoms with van der Waals surface area (Å²) in [6.07, 6.45) is 5.48. The van der Waals surface area contributed by atoms with E-state index >= 15 is 0 Å². The van der Waals surface area contributed by atoms with Gasteiger partial charge in [-0.15, -0.1) is 6.42 Å². The van der Waals surface area contributed by atoms with E-state index in [2.05, 4.69) is 16.6 Å². The van der Waals surface area contributed by atoms with Gasteiger partial charge in [0.25, 0.3) is 0 Å². The molecule has 0 saturated carbocycles. The second-order valence-electron chi connectivity index (χ2n) is 4.46. The number of amides is 3. The van der Waals surface area contributed by atoms with Crippen LogP contribution in [0.4, 0.5) is 14.9 Å². The Bertz CT molecular complexity index is 615. The van der Waals surface area contributed by atoms with Gasteiger partial charge in [0.2, 0.25) is 5.91 Å². The van der Waals surface area contributed by atoms with Gasteiger partial charge in [-0.3, -0.25) is 4.79 Å². The lowest BCUT2D eigenvalue weighted by Gasteiger charge is -2.17. The average molecular weight is 310 g/mol. The molecule has 1 aliphatic rings. The van der Waals surface area contributed by atoms with E-state index in [4.69, 9.17) is 18.0 Å². The Kier molecular flexibility index (Phi) is 4.66. The van der Waals surface area contributed by atoms with Gasteiger partial charge in [-0.1, -0.05) is 17.5 Å². The minimum absolute atomic E-state index is 0.0523. The molecule has 1 aliphatic heterocycles. The van der Waals surface area contributed by atoms with E-state index in [1.807, 2.05) is 0 Å². The maximum absolute atomic E-state index is 13.1. The Morgan fingerprint density at radius 3 is 3.00 bits per heavy atom. The van der Waals surface area contributed by atoms with Gasteiger partial charge in [0.05, 0.1) is 11.6 Å². The van der Waals surface area contributed by atoms with E-state index in [1.165, 1.54) is 23.1 Å². The van der Waals surface area contributed by atoms with Crippen LogP contribution in [0.15, 0.2) is 18.2 Å². The third kappa shape index (κ3) is 3.44. The molecule has 1 saturated heterocycles. The first kappa shape index (κ1) is 15.1. The molecule has 1 aromatic rings. The summed E-state index contributed by atoms with van der Waals surface area (Å²) < 4.78 is 13.1. The highest BCUT2D eigenvalue weighted by atomic mass is 35.5. The summed E-state index contributed by atoms with van der Waals surface area (Å²) in [4.78, 5) is 25.2. The number of nitrogens with one attached hydrogen (secondary N) is 2. The zero-order chi connectivity index (χ0) is 15.4. The zero-order valence-electron chi connectivity index (χ0n) is 11.0. The normalized spacial score (nSPS) is 17.5. The number of urea groups is 1. The number of hydrogen-bond donors (Lipinski definition) is 2. The molecule has 7 heteroatoms. The fraction of sp³-hybridized carbons (Fsp3) is 0.286. The smallest absolute Gasteiger partial charge is 0.316 e. The van der Waals surface area contributed by atoms with E-state index in [0.717, 1.165) is 0 Å². The molecule has 0 radical (unpaired) electrons. The summed E-state index contributed by atoms with van der Waals surface area (Å²) in [6.45, 7) is 0.505. The molecule has 21 heavy (non-hydrogen) atoms. The first-order valence-electron chi connectivity index (χ1n) is 6.27. The van der Waals surface area contributed by atoms with Crippen LogP contribution in [-0.4, -0.2) is 31.1 Å². The molecule has 1 atom stereocenters. The summed E-state index contributed by atoms with van der Waals surface area (Å²) >= 11 is 5.71. The van der Waals surface area contributed by atoms with E-state index < -0.39 is 17.9 Å². The number of carbonyl (C=O) groups is 2. The van der Waals surface area contributed by atoms with Crippen molar-refractivity contribution in [3.05, 3.63) is 29.0 Å². The maximum Gasteiger partial charge on any atom is 0.316 e. The van der Waals surface area contributed by atoms with E-state index in [1.54, 1.807) is 0 Å². The number of rotatable bonds is 3. The Hall–Kier alpha value is -2.26. The first-order chi connectivity index (χ1) is 10.0. The first-order valence-corrected chi connectivity index (χ1v) is 6.65. The summed E-state index contributed by atoms with van der Waals surface area (Å²) in [5, 5.41) is 4.92. The molecule has 0 aromatic heterocycles. The quantitative estimate of drug-likeness (QED) is 0.832. The Morgan fingerprint density at radius 1 is 1.57 bits per heavy atom. The van der Waals surface area contributed by atoms with Gasteiger partial charge in [0, 0.05) is 12.2 Å². The molecule has 3 amide bonds. The van der Waals surface area contributed by atoms with Crippen molar-refractivity contribution in [1.29, 1.82) is 0 Å². The molecule has 1 fully saturated rings. The van der Waals surface area contributed by atoms with Gasteiger partial charge >= 0.3 is 6.03 Å². The molecular formula is C14H13ClFN3O2. The van der Waals surface area contributed by atoms with Gasteiger partial charge < -0.3 is 15.5 Å². The third-order valence-corrected chi connectivity index (χ3v) is 3.37. The van der Waals surface area contributed by atoms with Crippen molar-refractivity contribution in [3.8, 4) is 12.3 Å². The average Bonchev–Trinajstić information content (AvgIpc) is 2.81. The number of halogens is 2. The number of terminal acetylenes is 1. The second kappa shape index (κ2) is 6.46. The van der Waals surface area contributed by atoms with Crippen molar-refractivity contribution < 1.29 is 14.0 Å². The van der Waals surface area contributed by atoms with Crippen molar-refractivity contribution in [1.82, 2.24) is 10.6 Å². The number of carbonyl (C=O) groups excluding carboxylic acids is 2. The third-order valence-electron chi connectivity index (χ3n) is 3.08. The predicted molar refractivity (Wildman–Crippen MR) is 77.5 cm³/mol. The van der Waals surface area contributed by atoms with Crippen molar-refractivity contribution in [3.63, 3.8) is 0 Å². The fourth-order valence-corrected chi connectivity index (χ4v) is 2.24. The molecule has 2 rings (SSSR count). The maximum atomic E-state index is 13.1. The number of hydrogen-bond acceptors (Lipinski definition) is 2. The summed E-state index contributed by atoms with van der Waals surface area (Å²) in [6, 6.07) is 2.93. The lowest BCUT2D eigenvalue weighted by atomic mass is 10.2. The van der Waals surface area contributed by atoms with Crippen molar-refractivity contribution >= 4 is 29.2 Å². The Labute approximate surface area is 126 Å². The van der Waals surface area contributed by atoms with Crippen LogP contribution in [0.2, 0.25) is 5.02 Å². The molecule has 110 valence electrons. The molecule has 0 aliphatic carbocycles. The zero-order valence-corrected chi connectivity index (χ0v) is 11.8. The van der Waals surface area contributed by atoms with Crippen molar-refractivity contribution in [2.24, 2.45) is 0 Å². The predicted octanol–water partition coefficient (Wildman–Crippen LogP) is 1.52. The monoisotopic (exact) mass is 309 g/mol. The van der Waals surface area contributed by atoms with Crippen LogP contribution in [0.1, 0.15) is 6.42 Å².